The van der Waals surface area contributed by atoms with E-state index in [4.69, 9.17) is 14.6 Å². The first-order chi connectivity index (χ1) is 18.1. The van der Waals surface area contributed by atoms with Gasteiger partial charge in [-0.2, -0.15) is 13.2 Å². The summed E-state index contributed by atoms with van der Waals surface area (Å²) in [5, 5.41) is 9.77. The van der Waals surface area contributed by atoms with Crippen LogP contribution >= 0.6 is 0 Å². The molecule has 1 aliphatic heterocycles. The molecule has 210 valence electrons. The number of aromatic carboxylic acids is 1. The second kappa shape index (κ2) is 14.6. The number of methoxy groups -OCH3 is 2. The number of ether oxygens (including phenoxy) is 2. The van der Waals surface area contributed by atoms with Crippen LogP contribution in [0, 0.1) is 6.92 Å². The maximum Gasteiger partial charge on any atom is 0.390 e. The van der Waals surface area contributed by atoms with E-state index in [1.165, 1.54) is 13.2 Å². The molecule has 0 spiro atoms. The van der Waals surface area contributed by atoms with Crippen molar-refractivity contribution in [3.63, 3.8) is 0 Å². The van der Waals surface area contributed by atoms with Gasteiger partial charge in [-0.05, 0) is 36.8 Å². The highest BCUT2D eigenvalue weighted by Crippen LogP contribution is 2.32. The summed E-state index contributed by atoms with van der Waals surface area (Å²) in [7, 11) is 3.12. The Labute approximate surface area is 222 Å². The van der Waals surface area contributed by atoms with Gasteiger partial charge in [0.25, 0.3) is 0 Å². The molecule has 1 aliphatic rings. The molecule has 0 bridgehead atoms. The summed E-state index contributed by atoms with van der Waals surface area (Å²) >= 11 is 0. The predicted molar refractivity (Wildman–Crippen MR) is 143 cm³/mol. The van der Waals surface area contributed by atoms with Gasteiger partial charge in [0.15, 0.2) is 0 Å². The van der Waals surface area contributed by atoms with Crippen LogP contribution in [0.5, 0.6) is 11.5 Å². The minimum atomic E-state index is -4.08. The molecule has 4 rings (SSSR count). The third-order valence-electron chi connectivity index (χ3n) is 6.23. The lowest BCUT2D eigenvalue weighted by molar-refractivity contribution is -0.138. The van der Waals surface area contributed by atoms with Crippen LogP contribution < -0.4 is 9.47 Å². The van der Waals surface area contributed by atoms with E-state index in [0.29, 0.717) is 18.8 Å². The molecule has 1 aromatic heterocycles. The number of nitrogens with zero attached hydrogens (tertiary/aromatic N) is 2. The summed E-state index contributed by atoms with van der Waals surface area (Å²) in [6.45, 7) is 9.74. The van der Waals surface area contributed by atoms with Crippen LogP contribution in [-0.4, -0.2) is 79.0 Å². The monoisotopic (exact) mass is 537 g/mol. The van der Waals surface area contributed by atoms with Gasteiger partial charge in [0.1, 0.15) is 17.1 Å². The standard InChI is InChI=1S/C18H24F3N3O.C8H8O3.C2H6/c1-13-11-16(25-2)15(14-3-5-22-17(13)14)12-24-9-7-23(8-10-24)6-4-18(19,20)21;1-11-7-5-3-2-4-6(7)8(9)10;1-2/h3,5,11,22H,4,6-10,12H2,1-2H3;2-5H,1H3,(H,9,10);1-2H3. The number of H-pyrrole nitrogens is 1. The highest BCUT2D eigenvalue weighted by Gasteiger charge is 2.29. The van der Waals surface area contributed by atoms with E-state index in [0.717, 1.165) is 47.4 Å². The van der Waals surface area contributed by atoms with Crippen LogP contribution in [0.2, 0.25) is 0 Å². The van der Waals surface area contributed by atoms with E-state index >= 15 is 0 Å². The van der Waals surface area contributed by atoms with Gasteiger partial charge >= 0.3 is 12.1 Å². The number of aromatic amines is 1. The Hall–Kier alpha value is -3.24. The first-order valence-electron chi connectivity index (χ1n) is 12.6. The number of nitrogens with one attached hydrogen (secondary N) is 1. The van der Waals surface area contributed by atoms with Crippen molar-refractivity contribution in [2.45, 2.75) is 39.9 Å². The molecule has 7 nitrogen and oxygen atoms in total. The van der Waals surface area contributed by atoms with Crippen molar-refractivity contribution < 1.29 is 32.5 Å². The third kappa shape index (κ3) is 8.66. The largest absolute Gasteiger partial charge is 0.496 e. The molecular formula is C28H38F3N3O4. The first-order valence-corrected chi connectivity index (χ1v) is 12.6. The zero-order valence-corrected chi connectivity index (χ0v) is 22.7. The highest BCUT2D eigenvalue weighted by atomic mass is 19.4. The lowest BCUT2D eigenvalue weighted by atomic mass is 10.0. The van der Waals surface area contributed by atoms with E-state index < -0.39 is 18.6 Å². The smallest absolute Gasteiger partial charge is 0.390 e. The number of hydrogen-bond acceptors (Lipinski definition) is 5. The molecule has 2 N–H and O–H groups in total. The topological polar surface area (TPSA) is 78.0 Å². The van der Waals surface area contributed by atoms with Gasteiger partial charge in [-0.25, -0.2) is 4.79 Å². The van der Waals surface area contributed by atoms with Crippen molar-refractivity contribution in [2.75, 3.05) is 46.9 Å². The number of alkyl halides is 3. The number of halogens is 3. The van der Waals surface area contributed by atoms with Crippen LogP contribution in [-0.2, 0) is 6.54 Å². The minimum absolute atomic E-state index is 0.0905. The first kappa shape index (κ1) is 31.0. The van der Waals surface area contributed by atoms with Gasteiger partial charge in [0.05, 0.1) is 20.6 Å². The summed E-state index contributed by atoms with van der Waals surface area (Å²) in [6.07, 6.45) is -2.88. The number of carboxylic acids is 1. The Morgan fingerprint density at radius 1 is 1.00 bits per heavy atom. The maximum absolute atomic E-state index is 12.4. The molecule has 0 aliphatic carbocycles. The molecule has 1 fully saturated rings. The number of benzene rings is 2. The molecule has 3 aromatic rings. The molecule has 10 heteroatoms. The number of carbonyl (C=O) groups is 1. The molecule has 0 unspecified atom stereocenters. The zero-order valence-electron chi connectivity index (χ0n) is 22.7. The Bertz CT molecular complexity index is 1160. The molecule has 0 atom stereocenters. The summed E-state index contributed by atoms with van der Waals surface area (Å²) in [5.41, 5.74) is 3.57. The Morgan fingerprint density at radius 3 is 2.16 bits per heavy atom. The number of para-hydroxylation sites is 1. The number of aryl methyl sites for hydroxylation is 1. The van der Waals surface area contributed by atoms with Crippen molar-refractivity contribution in [1.29, 1.82) is 0 Å². The van der Waals surface area contributed by atoms with Crippen LogP contribution in [0.1, 0.15) is 41.8 Å². The average molecular weight is 538 g/mol. The Kier molecular flexibility index (Phi) is 11.9. The highest BCUT2D eigenvalue weighted by molar-refractivity contribution is 5.90. The average Bonchev–Trinajstić information content (AvgIpc) is 3.41. The molecule has 38 heavy (non-hydrogen) atoms. The SMILES string of the molecule is CC.COc1cc(C)c2[nH]ccc2c1CN1CCN(CCC(F)(F)F)CC1.COc1ccccc1C(=O)O. The number of rotatable bonds is 7. The number of piperazine rings is 1. The van der Waals surface area contributed by atoms with Gasteiger partial charge in [-0.1, -0.05) is 26.0 Å². The van der Waals surface area contributed by atoms with E-state index in [9.17, 15) is 18.0 Å². The lowest BCUT2D eigenvalue weighted by Gasteiger charge is -2.35. The molecule has 0 radical (unpaired) electrons. The second-order valence-corrected chi connectivity index (χ2v) is 8.63. The fraction of sp³-hybridized carbons (Fsp3) is 0.464. The van der Waals surface area contributed by atoms with E-state index in [-0.39, 0.29) is 12.1 Å². The van der Waals surface area contributed by atoms with Gasteiger partial charge in [-0.15, -0.1) is 0 Å². The quantitative estimate of drug-likeness (QED) is 0.387. The van der Waals surface area contributed by atoms with Gasteiger partial charge in [0.2, 0.25) is 0 Å². The Morgan fingerprint density at radius 2 is 1.61 bits per heavy atom. The molecule has 2 aromatic carbocycles. The molecule has 0 saturated carbocycles. The molecule has 2 heterocycles. The normalized spacial score (nSPS) is 14.2. The van der Waals surface area contributed by atoms with Crippen molar-refractivity contribution in [3.8, 4) is 11.5 Å². The van der Waals surface area contributed by atoms with Gasteiger partial charge in [0, 0.05) is 61.9 Å². The summed E-state index contributed by atoms with van der Waals surface area (Å²) in [6, 6.07) is 10.6. The minimum Gasteiger partial charge on any atom is -0.496 e. The van der Waals surface area contributed by atoms with E-state index in [1.54, 1.807) is 25.3 Å². The van der Waals surface area contributed by atoms with E-state index in [2.05, 4.69) is 16.0 Å². The van der Waals surface area contributed by atoms with Crippen molar-refractivity contribution in [3.05, 3.63) is 59.3 Å². The fourth-order valence-electron chi connectivity index (χ4n) is 4.28. The summed E-state index contributed by atoms with van der Waals surface area (Å²) in [5.74, 6) is 0.284. The summed E-state index contributed by atoms with van der Waals surface area (Å²) in [4.78, 5) is 17.9. The number of hydrogen-bond donors (Lipinski definition) is 2. The van der Waals surface area contributed by atoms with Crippen LogP contribution in [0.3, 0.4) is 0 Å². The van der Waals surface area contributed by atoms with Crippen LogP contribution in [0.15, 0.2) is 42.6 Å². The second-order valence-electron chi connectivity index (χ2n) is 8.63. The molecular weight excluding hydrogens is 499 g/mol. The van der Waals surface area contributed by atoms with Crippen LogP contribution in [0.4, 0.5) is 13.2 Å². The van der Waals surface area contributed by atoms with Gasteiger partial charge < -0.3 is 24.5 Å². The fourth-order valence-corrected chi connectivity index (χ4v) is 4.28. The molecule has 0 amide bonds. The van der Waals surface area contributed by atoms with E-state index in [1.807, 2.05) is 37.9 Å². The number of aromatic nitrogens is 1. The summed E-state index contributed by atoms with van der Waals surface area (Å²) < 4.78 is 47.5. The van der Waals surface area contributed by atoms with Crippen molar-refractivity contribution in [2.24, 2.45) is 0 Å². The number of carboxylic acid groups (broad SMARTS) is 1. The maximum atomic E-state index is 12.4. The number of fused-ring (bicyclic) bond motifs is 1. The van der Waals surface area contributed by atoms with Gasteiger partial charge in [-0.3, -0.25) is 4.90 Å². The van der Waals surface area contributed by atoms with Crippen molar-refractivity contribution >= 4 is 16.9 Å². The van der Waals surface area contributed by atoms with Crippen LogP contribution in [0.25, 0.3) is 10.9 Å². The van der Waals surface area contributed by atoms with Crippen molar-refractivity contribution in [1.82, 2.24) is 14.8 Å². The Balaban J connectivity index is 0.000000327. The third-order valence-corrected chi connectivity index (χ3v) is 6.23. The molecule has 1 saturated heterocycles. The zero-order chi connectivity index (χ0) is 28.3. The predicted octanol–water partition coefficient (Wildman–Crippen LogP) is 5.97. The lowest BCUT2D eigenvalue weighted by Crippen LogP contribution is -2.46.